The summed E-state index contributed by atoms with van der Waals surface area (Å²) < 4.78 is 0. The van der Waals surface area contributed by atoms with Crippen LogP contribution in [0.4, 0.5) is 22.7 Å². The normalized spacial score (nSPS) is 16.5. The van der Waals surface area contributed by atoms with Crippen LogP contribution in [0.15, 0.2) is 17.7 Å². The number of phenolic OH excluding ortho intramolecular Hbond substituents is 2. The molecule has 1 aliphatic heterocycles. The standard InChI is InChI=1S/C24H26N4O3P2/c25-16-14(10-5-2-6-10)24(33)15(18(27)21(16)30)20(29)11-7-12-19(28-8-11)22(31)17(26)13(23(12)32)9-3-1-4-9/h3,5,7,28,30-31H,1-2,4,6,8,25-27,32-33H2. The van der Waals surface area contributed by atoms with Gasteiger partial charge in [-0.3, -0.25) is 4.79 Å². The summed E-state index contributed by atoms with van der Waals surface area (Å²) in [5, 5.41) is 25.9. The monoisotopic (exact) mass is 480 g/mol. The lowest BCUT2D eigenvalue weighted by Crippen LogP contribution is -2.26. The number of carbonyl (C=O) groups excluding carboxylic acids is 1. The number of hydrogen-bond acceptors (Lipinski definition) is 7. The molecule has 2 unspecified atom stereocenters. The average Bonchev–Trinajstić information content (AvgIpc) is 2.73. The molecule has 0 radical (unpaired) electrons. The molecule has 33 heavy (non-hydrogen) atoms. The number of Topliss-reactive ketones (excluding diaryl/α,β-unsaturated/α-hetero) is 1. The van der Waals surface area contributed by atoms with Gasteiger partial charge in [-0.05, 0) is 53.5 Å². The van der Waals surface area contributed by atoms with Gasteiger partial charge in [0, 0.05) is 28.8 Å². The molecular weight excluding hydrogens is 454 g/mol. The molecule has 7 nitrogen and oxygen atoms in total. The Morgan fingerprint density at radius 2 is 1.42 bits per heavy atom. The van der Waals surface area contributed by atoms with E-state index in [2.05, 4.69) is 29.9 Å². The number of nitrogens with two attached hydrogens (primary N) is 3. The van der Waals surface area contributed by atoms with E-state index >= 15 is 0 Å². The van der Waals surface area contributed by atoms with Crippen LogP contribution < -0.4 is 33.1 Å². The first kappa shape index (κ1) is 21.8. The van der Waals surface area contributed by atoms with Gasteiger partial charge in [0.1, 0.15) is 0 Å². The van der Waals surface area contributed by atoms with Gasteiger partial charge >= 0.3 is 0 Å². The van der Waals surface area contributed by atoms with Crippen LogP contribution in [0, 0.1) is 0 Å². The average molecular weight is 480 g/mol. The predicted molar refractivity (Wildman–Crippen MR) is 143 cm³/mol. The first-order valence-corrected chi connectivity index (χ1v) is 11.9. The van der Waals surface area contributed by atoms with Crippen LogP contribution in [0.5, 0.6) is 11.5 Å². The zero-order valence-corrected chi connectivity index (χ0v) is 20.3. The quantitative estimate of drug-likeness (QED) is 0.171. The van der Waals surface area contributed by atoms with Gasteiger partial charge in [0.15, 0.2) is 17.3 Å². The van der Waals surface area contributed by atoms with E-state index in [9.17, 15) is 15.0 Å². The Morgan fingerprint density at radius 1 is 0.879 bits per heavy atom. The van der Waals surface area contributed by atoms with Crippen molar-refractivity contribution in [1.29, 1.82) is 0 Å². The molecule has 2 atom stereocenters. The second kappa shape index (κ2) is 7.79. The number of carbonyl (C=O) groups is 1. The third-order valence-corrected chi connectivity index (χ3v) is 7.90. The van der Waals surface area contributed by atoms with Crippen LogP contribution in [-0.4, -0.2) is 22.5 Å². The highest BCUT2D eigenvalue weighted by molar-refractivity contribution is 7.28. The molecular formula is C24H26N4O3P2. The molecule has 5 rings (SSSR count). The lowest BCUT2D eigenvalue weighted by molar-refractivity contribution is 0.103. The van der Waals surface area contributed by atoms with Crippen molar-refractivity contribution in [2.75, 3.05) is 29.1 Å². The maximum atomic E-state index is 13.7. The Balaban J connectivity index is 1.66. The van der Waals surface area contributed by atoms with Crippen molar-refractivity contribution in [1.82, 2.24) is 0 Å². The maximum absolute atomic E-state index is 13.7. The van der Waals surface area contributed by atoms with E-state index in [1.165, 1.54) is 0 Å². The molecule has 1 heterocycles. The van der Waals surface area contributed by atoms with E-state index in [4.69, 9.17) is 17.2 Å². The molecule has 2 aromatic carbocycles. The highest BCUT2D eigenvalue weighted by Crippen LogP contribution is 2.45. The third kappa shape index (κ3) is 3.14. The second-order valence-electron chi connectivity index (χ2n) is 8.57. The van der Waals surface area contributed by atoms with Gasteiger partial charge in [-0.15, -0.1) is 18.5 Å². The lowest BCUT2D eigenvalue weighted by atomic mass is 9.86. The Morgan fingerprint density at radius 3 is 1.97 bits per heavy atom. The largest absolute Gasteiger partial charge is 0.504 e. The molecule has 0 amide bonds. The number of phenols is 2. The number of rotatable bonds is 4. The molecule has 0 aromatic heterocycles. The van der Waals surface area contributed by atoms with E-state index in [0.717, 1.165) is 47.7 Å². The van der Waals surface area contributed by atoms with Crippen LogP contribution in [-0.2, 0) is 0 Å². The summed E-state index contributed by atoms with van der Waals surface area (Å²) in [6.07, 6.45) is 9.51. The van der Waals surface area contributed by atoms with Gasteiger partial charge in [0.05, 0.1) is 28.3 Å². The fraction of sp³-hybridized carbons (Fsp3) is 0.208. The summed E-state index contributed by atoms with van der Waals surface area (Å²) in [7, 11) is 5.27. The number of aromatic hydroxyl groups is 2. The van der Waals surface area contributed by atoms with Crippen LogP contribution in [0.3, 0.4) is 0 Å². The summed E-state index contributed by atoms with van der Waals surface area (Å²) in [6.45, 7) is 0.178. The Labute approximate surface area is 196 Å². The fourth-order valence-corrected chi connectivity index (χ4v) is 5.80. The van der Waals surface area contributed by atoms with Gasteiger partial charge < -0.3 is 32.7 Å². The maximum Gasteiger partial charge on any atom is 0.193 e. The molecule has 2 aromatic rings. The molecule has 9 N–H and O–H groups in total. The van der Waals surface area contributed by atoms with Gasteiger partial charge in [-0.1, -0.05) is 12.2 Å². The predicted octanol–water partition coefficient (Wildman–Crippen LogP) is 2.89. The zero-order chi connectivity index (χ0) is 23.6. The van der Waals surface area contributed by atoms with Crippen LogP contribution in [0.2, 0.25) is 0 Å². The van der Waals surface area contributed by atoms with Crippen molar-refractivity contribution in [3.8, 4) is 11.5 Å². The minimum absolute atomic E-state index is 0.0164. The highest BCUT2D eigenvalue weighted by Gasteiger charge is 2.31. The zero-order valence-electron chi connectivity index (χ0n) is 18.0. The summed E-state index contributed by atoms with van der Waals surface area (Å²) in [4.78, 5) is 13.7. The number of anilines is 4. The first-order valence-electron chi connectivity index (χ1n) is 10.7. The number of hydrogen-bond donors (Lipinski definition) is 6. The molecule has 2 aliphatic carbocycles. The van der Waals surface area contributed by atoms with Crippen LogP contribution >= 0.6 is 18.5 Å². The first-order chi connectivity index (χ1) is 15.7. The van der Waals surface area contributed by atoms with Crippen LogP contribution in [0.25, 0.3) is 17.2 Å². The van der Waals surface area contributed by atoms with E-state index in [-0.39, 0.29) is 40.8 Å². The van der Waals surface area contributed by atoms with Gasteiger partial charge in [0.2, 0.25) is 0 Å². The lowest BCUT2D eigenvalue weighted by Gasteiger charge is -2.27. The van der Waals surface area contributed by atoms with Crippen molar-refractivity contribution < 1.29 is 15.0 Å². The topological polar surface area (TPSA) is 148 Å². The van der Waals surface area contributed by atoms with Gasteiger partial charge in [-0.25, -0.2) is 0 Å². The second-order valence-corrected chi connectivity index (χ2v) is 9.72. The van der Waals surface area contributed by atoms with Gasteiger partial charge in [0.25, 0.3) is 0 Å². The van der Waals surface area contributed by atoms with Crippen molar-refractivity contribution in [2.45, 2.75) is 25.7 Å². The number of nitrogens with one attached hydrogen (secondary N) is 1. The summed E-state index contributed by atoms with van der Waals surface area (Å²) in [6, 6.07) is 0. The summed E-state index contributed by atoms with van der Waals surface area (Å²) in [5.74, 6) is -0.594. The molecule has 9 heteroatoms. The highest BCUT2D eigenvalue weighted by atomic mass is 31.0. The Kier molecular flexibility index (Phi) is 5.15. The number of benzene rings is 2. The SMILES string of the molecule is Nc1c(O)c2c(c(P)c1C1=CCC1)C=C(C(=O)c1c(N)c(O)c(N)c(C3=CCC3)c1P)CN2. The van der Waals surface area contributed by atoms with Gasteiger partial charge in [-0.2, -0.15) is 0 Å². The smallest absolute Gasteiger partial charge is 0.193 e. The van der Waals surface area contributed by atoms with Crippen LogP contribution in [0.1, 0.15) is 52.7 Å². The van der Waals surface area contributed by atoms with E-state index in [1.54, 1.807) is 6.08 Å². The summed E-state index contributed by atoms with van der Waals surface area (Å²) in [5.41, 5.74) is 24.4. The minimum atomic E-state index is -0.308. The molecule has 170 valence electrons. The number of allylic oxidation sites excluding steroid dienone is 4. The molecule has 0 saturated carbocycles. The minimum Gasteiger partial charge on any atom is -0.504 e. The summed E-state index contributed by atoms with van der Waals surface area (Å²) >= 11 is 0. The Bertz CT molecular complexity index is 1360. The van der Waals surface area contributed by atoms with Crippen molar-refractivity contribution in [2.24, 2.45) is 0 Å². The number of nitrogen functional groups attached to an aromatic ring is 3. The molecule has 0 spiro atoms. The van der Waals surface area contributed by atoms with Crippen molar-refractivity contribution >= 4 is 74.8 Å². The van der Waals surface area contributed by atoms with Crippen molar-refractivity contribution in [3.05, 3.63) is 40.0 Å². The molecule has 0 bridgehead atoms. The number of ketones is 1. The molecule has 0 saturated heterocycles. The molecule has 3 aliphatic rings. The third-order valence-electron chi connectivity index (χ3n) is 6.72. The van der Waals surface area contributed by atoms with E-state index in [0.29, 0.717) is 33.4 Å². The fourth-order valence-electron chi connectivity index (χ4n) is 4.60. The Hall–Kier alpha value is -3.01. The molecule has 0 fully saturated rings. The van der Waals surface area contributed by atoms with Crippen molar-refractivity contribution in [3.63, 3.8) is 0 Å². The van der Waals surface area contributed by atoms with E-state index in [1.807, 2.05) is 6.08 Å². The number of fused-ring (bicyclic) bond motifs is 1. The van der Waals surface area contributed by atoms with E-state index < -0.39 is 0 Å².